The quantitative estimate of drug-likeness (QED) is 0.248. The number of hydrogen-bond acceptors (Lipinski definition) is 4. The van der Waals surface area contributed by atoms with Gasteiger partial charge in [-0.05, 0) is 44.9 Å². The number of piperazine rings is 1. The summed E-state index contributed by atoms with van der Waals surface area (Å²) < 4.78 is 5.41. The van der Waals surface area contributed by atoms with E-state index >= 15 is 0 Å². The van der Waals surface area contributed by atoms with Crippen molar-refractivity contribution in [2.75, 3.05) is 32.7 Å². The van der Waals surface area contributed by atoms with Gasteiger partial charge < -0.3 is 25.6 Å². The summed E-state index contributed by atoms with van der Waals surface area (Å²) in [6.07, 6.45) is 1.73. The lowest BCUT2D eigenvalue weighted by Crippen LogP contribution is -2.53. The summed E-state index contributed by atoms with van der Waals surface area (Å²) in [6.45, 7) is 11.1. The Balaban J connectivity index is 0.00000480. The second kappa shape index (κ2) is 12.7. The second-order valence-corrected chi connectivity index (χ2v) is 8.44. The zero-order valence-corrected chi connectivity index (χ0v) is 21.3. The van der Waals surface area contributed by atoms with Crippen LogP contribution in [0.25, 0.3) is 0 Å². The normalized spacial score (nSPS) is 14.6. The molecule has 1 saturated heterocycles. The van der Waals surface area contributed by atoms with Crippen molar-refractivity contribution in [2.24, 2.45) is 10.7 Å². The van der Waals surface area contributed by atoms with Gasteiger partial charge in [0.2, 0.25) is 0 Å². The Hall–Kier alpha value is -2.04. The number of guanidine groups is 1. The van der Waals surface area contributed by atoms with Gasteiger partial charge in [-0.15, -0.1) is 24.0 Å². The summed E-state index contributed by atoms with van der Waals surface area (Å²) in [7, 11) is 0. The molecule has 1 aromatic rings. The van der Waals surface area contributed by atoms with E-state index in [0.29, 0.717) is 50.8 Å². The molecule has 0 bridgehead atoms. The van der Waals surface area contributed by atoms with E-state index in [2.05, 4.69) is 17.2 Å². The molecule has 3 N–H and O–H groups in total. The van der Waals surface area contributed by atoms with Crippen LogP contribution in [0.2, 0.25) is 0 Å². The number of ether oxygens (including phenoxy) is 1. The van der Waals surface area contributed by atoms with Crippen LogP contribution < -0.4 is 11.1 Å². The number of nitrogens with two attached hydrogens (primary N) is 1. The molecule has 1 aromatic carbocycles. The zero-order chi connectivity index (χ0) is 22.1. The molecular formula is C22H36IN5O3. The molecule has 1 aliphatic heterocycles. The van der Waals surface area contributed by atoms with Crippen molar-refractivity contribution in [3.05, 3.63) is 35.4 Å². The van der Waals surface area contributed by atoms with E-state index in [1.54, 1.807) is 4.90 Å². The van der Waals surface area contributed by atoms with E-state index < -0.39 is 5.60 Å². The Labute approximate surface area is 202 Å². The third kappa shape index (κ3) is 9.32. The van der Waals surface area contributed by atoms with Gasteiger partial charge in [0.25, 0.3) is 5.91 Å². The van der Waals surface area contributed by atoms with Gasteiger partial charge in [0.1, 0.15) is 5.60 Å². The number of halogens is 1. The number of nitrogens with zero attached hydrogens (tertiary/aromatic N) is 3. The average molecular weight is 545 g/mol. The lowest BCUT2D eigenvalue weighted by Gasteiger charge is -2.36. The van der Waals surface area contributed by atoms with Gasteiger partial charge in [0, 0.05) is 38.3 Å². The van der Waals surface area contributed by atoms with Gasteiger partial charge in [-0.25, -0.2) is 9.79 Å². The predicted molar refractivity (Wildman–Crippen MR) is 134 cm³/mol. The largest absolute Gasteiger partial charge is 0.444 e. The second-order valence-electron chi connectivity index (χ2n) is 8.44. The molecule has 2 amide bonds. The molecule has 0 atom stereocenters. The van der Waals surface area contributed by atoms with Crippen LogP contribution in [0, 0.1) is 0 Å². The van der Waals surface area contributed by atoms with Crippen LogP contribution >= 0.6 is 24.0 Å². The summed E-state index contributed by atoms with van der Waals surface area (Å²) in [4.78, 5) is 32.3. The highest BCUT2D eigenvalue weighted by Gasteiger charge is 2.26. The molecule has 8 nitrogen and oxygen atoms in total. The average Bonchev–Trinajstić information content (AvgIpc) is 2.71. The Morgan fingerprint density at radius 1 is 1.10 bits per heavy atom. The van der Waals surface area contributed by atoms with E-state index in [9.17, 15) is 9.59 Å². The first-order valence-electron chi connectivity index (χ1n) is 10.6. The van der Waals surface area contributed by atoms with E-state index in [1.807, 2.05) is 49.9 Å². The van der Waals surface area contributed by atoms with Crippen LogP contribution in [0.3, 0.4) is 0 Å². The number of nitrogens with one attached hydrogen (secondary N) is 1. The Morgan fingerprint density at radius 2 is 1.68 bits per heavy atom. The smallest absolute Gasteiger partial charge is 0.410 e. The number of unbranched alkanes of at least 4 members (excludes halogenated alkanes) is 1. The lowest BCUT2D eigenvalue weighted by atomic mass is 10.1. The summed E-state index contributed by atoms with van der Waals surface area (Å²) in [6, 6.07) is 7.40. The molecule has 0 aliphatic carbocycles. The molecule has 2 rings (SSSR count). The van der Waals surface area contributed by atoms with Crippen LogP contribution in [0.4, 0.5) is 4.79 Å². The molecule has 174 valence electrons. The minimum absolute atomic E-state index is 0. The van der Waals surface area contributed by atoms with Crippen molar-refractivity contribution in [1.29, 1.82) is 0 Å². The molecular weight excluding hydrogens is 509 g/mol. The molecule has 0 radical (unpaired) electrons. The molecule has 0 aromatic heterocycles. The molecule has 31 heavy (non-hydrogen) atoms. The topological polar surface area (TPSA) is 100 Å². The standard InChI is InChI=1S/C22H35N5O3.HI/c1-5-6-11-24-19(28)18-9-7-17(8-10-18)16-25-20(23)26-12-14-27(15-13-26)21(29)30-22(2,3)4;/h7-10H,5-6,11-16H2,1-4H3,(H2,23,25)(H,24,28);1H. The number of rotatable bonds is 6. The van der Waals surface area contributed by atoms with E-state index in [4.69, 9.17) is 10.5 Å². The van der Waals surface area contributed by atoms with Gasteiger partial charge in [-0.1, -0.05) is 25.5 Å². The number of hydrogen-bond donors (Lipinski definition) is 2. The van der Waals surface area contributed by atoms with Crippen molar-refractivity contribution in [2.45, 2.75) is 52.7 Å². The van der Waals surface area contributed by atoms with Crippen LogP contribution in [0.15, 0.2) is 29.3 Å². The van der Waals surface area contributed by atoms with Gasteiger partial charge in [-0.2, -0.15) is 0 Å². The van der Waals surface area contributed by atoms with E-state index in [-0.39, 0.29) is 36.0 Å². The third-order valence-corrected chi connectivity index (χ3v) is 4.71. The summed E-state index contributed by atoms with van der Waals surface area (Å²) in [5, 5.41) is 2.91. The highest BCUT2D eigenvalue weighted by atomic mass is 127. The lowest BCUT2D eigenvalue weighted by molar-refractivity contribution is 0.0186. The van der Waals surface area contributed by atoms with Crippen molar-refractivity contribution in [3.8, 4) is 0 Å². The molecule has 1 heterocycles. The molecule has 0 spiro atoms. The first kappa shape index (κ1) is 27.0. The highest BCUT2D eigenvalue weighted by Crippen LogP contribution is 2.12. The molecule has 0 saturated carbocycles. The fraction of sp³-hybridized carbons (Fsp3) is 0.591. The van der Waals surface area contributed by atoms with Crippen molar-refractivity contribution in [3.63, 3.8) is 0 Å². The van der Waals surface area contributed by atoms with Crippen LogP contribution in [-0.2, 0) is 11.3 Å². The number of benzene rings is 1. The summed E-state index contributed by atoms with van der Waals surface area (Å²) >= 11 is 0. The van der Waals surface area contributed by atoms with E-state index in [0.717, 1.165) is 18.4 Å². The number of aliphatic imine (C=N–C) groups is 1. The summed E-state index contributed by atoms with van der Waals surface area (Å²) in [5.41, 5.74) is 7.27. The van der Waals surface area contributed by atoms with Crippen LogP contribution in [0.5, 0.6) is 0 Å². The first-order chi connectivity index (χ1) is 14.2. The fourth-order valence-corrected chi connectivity index (χ4v) is 2.96. The predicted octanol–water partition coefficient (Wildman–Crippen LogP) is 3.20. The Kier molecular flexibility index (Phi) is 11.1. The Bertz CT molecular complexity index is 739. The maximum atomic E-state index is 12.1. The minimum atomic E-state index is -0.500. The van der Waals surface area contributed by atoms with Crippen molar-refractivity contribution in [1.82, 2.24) is 15.1 Å². The van der Waals surface area contributed by atoms with Crippen molar-refractivity contribution >= 4 is 41.9 Å². The van der Waals surface area contributed by atoms with Crippen LogP contribution in [0.1, 0.15) is 56.5 Å². The molecule has 9 heteroatoms. The van der Waals surface area contributed by atoms with Crippen molar-refractivity contribution < 1.29 is 14.3 Å². The maximum Gasteiger partial charge on any atom is 0.410 e. The molecule has 0 unspecified atom stereocenters. The number of amides is 2. The SMILES string of the molecule is CCCCNC(=O)c1ccc(CN=C(N)N2CCN(C(=O)OC(C)(C)C)CC2)cc1.I. The van der Waals surface area contributed by atoms with Gasteiger partial charge in [0.15, 0.2) is 5.96 Å². The molecule has 1 aliphatic rings. The molecule has 1 fully saturated rings. The third-order valence-electron chi connectivity index (χ3n) is 4.71. The number of carbonyl (C=O) groups is 2. The Morgan fingerprint density at radius 3 is 2.23 bits per heavy atom. The van der Waals surface area contributed by atoms with Crippen LogP contribution in [-0.4, -0.2) is 66.1 Å². The zero-order valence-electron chi connectivity index (χ0n) is 19.0. The van der Waals surface area contributed by atoms with Gasteiger partial charge in [0.05, 0.1) is 6.54 Å². The number of carbonyl (C=O) groups excluding carboxylic acids is 2. The minimum Gasteiger partial charge on any atom is -0.444 e. The monoisotopic (exact) mass is 545 g/mol. The summed E-state index contributed by atoms with van der Waals surface area (Å²) in [5.74, 6) is 0.404. The van der Waals surface area contributed by atoms with E-state index in [1.165, 1.54) is 0 Å². The fourth-order valence-electron chi connectivity index (χ4n) is 2.96. The van der Waals surface area contributed by atoms with Gasteiger partial charge in [-0.3, -0.25) is 4.79 Å². The maximum absolute atomic E-state index is 12.1. The van der Waals surface area contributed by atoms with Gasteiger partial charge >= 0.3 is 6.09 Å². The highest BCUT2D eigenvalue weighted by molar-refractivity contribution is 14.0. The first-order valence-corrected chi connectivity index (χ1v) is 10.6.